The van der Waals surface area contributed by atoms with Crippen LogP contribution in [0, 0.1) is 0 Å². The maximum atomic E-state index is 11.4. The third kappa shape index (κ3) is 1.40. The molecule has 72 valence electrons. The van der Waals surface area contributed by atoms with Crippen LogP contribution in [0.25, 0.3) is 10.8 Å². The Balaban J connectivity index is 2.75. The minimum atomic E-state index is -0.192. The highest BCUT2D eigenvalue weighted by molar-refractivity contribution is 5.83. The van der Waals surface area contributed by atoms with Crippen molar-refractivity contribution in [1.82, 2.24) is 10.2 Å². The molecule has 0 saturated heterocycles. The second kappa shape index (κ2) is 3.59. The van der Waals surface area contributed by atoms with E-state index in [4.69, 9.17) is 5.11 Å². The van der Waals surface area contributed by atoms with Gasteiger partial charge in [-0.3, -0.25) is 4.79 Å². The van der Waals surface area contributed by atoms with Crippen LogP contribution in [0.4, 0.5) is 0 Å². The fraction of sp³-hybridized carbons (Fsp3) is 0.200. The lowest BCUT2D eigenvalue weighted by Gasteiger charge is -2.01. The van der Waals surface area contributed by atoms with Gasteiger partial charge in [0.1, 0.15) is 0 Å². The largest absolute Gasteiger partial charge is 0.396 e. The van der Waals surface area contributed by atoms with Gasteiger partial charge in [-0.2, -0.15) is 5.10 Å². The Morgan fingerprint density at radius 1 is 1.29 bits per heavy atom. The Hall–Kier alpha value is -1.68. The van der Waals surface area contributed by atoms with E-state index >= 15 is 0 Å². The van der Waals surface area contributed by atoms with Crippen LogP contribution in [0.15, 0.2) is 29.1 Å². The number of hydrogen-bond donors (Lipinski definition) is 2. The van der Waals surface area contributed by atoms with E-state index in [1.54, 1.807) is 12.1 Å². The lowest BCUT2D eigenvalue weighted by Crippen LogP contribution is -2.11. The van der Waals surface area contributed by atoms with E-state index in [9.17, 15) is 4.79 Å². The number of hydrogen-bond acceptors (Lipinski definition) is 3. The molecule has 0 aliphatic carbocycles. The van der Waals surface area contributed by atoms with Crippen LogP contribution >= 0.6 is 0 Å². The molecule has 0 fully saturated rings. The van der Waals surface area contributed by atoms with Crippen LogP contribution in [0.1, 0.15) is 5.69 Å². The highest BCUT2D eigenvalue weighted by atomic mass is 16.3. The van der Waals surface area contributed by atoms with E-state index in [2.05, 4.69) is 10.2 Å². The van der Waals surface area contributed by atoms with Crippen LogP contribution in [-0.4, -0.2) is 21.9 Å². The summed E-state index contributed by atoms with van der Waals surface area (Å²) in [4.78, 5) is 11.4. The number of fused-ring (bicyclic) bond motifs is 1. The summed E-state index contributed by atoms with van der Waals surface area (Å²) >= 11 is 0. The Labute approximate surface area is 80.2 Å². The molecule has 4 nitrogen and oxygen atoms in total. The molecule has 0 saturated carbocycles. The van der Waals surface area contributed by atoms with Crippen LogP contribution in [0.3, 0.4) is 0 Å². The summed E-state index contributed by atoms with van der Waals surface area (Å²) in [5.74, 6) is 0. The van der Waals surface area contributed by atoms with Crippen LogP contribution in [-0.2, 0) is 6.42 Å². The Morgan fingerprint density at radius 3 is 2.71 bits per heavy atom. The van der Waals surface area contributed by atoms with Gasteiger partial charge in [0.25, 0.3) is 5.56 Å². The first kappa shape index (κ1) is 8.90. The van der Waals surface area contributed by atoms with Gasteiger partial charge in [-0.15, -0.1) is 0 Å². The van der Waals surface area contributed by atoms with E-state index in [0.29, 0.717) is 11.8 Å². The molecule has 0 radical (unpaired) electrons. The predicted molar refractivity (Wildman–Crippen MR) is 53.2 cm³/mol. The quantitative estimate of drug-likeness (QED) is 0.722. The second-order valence-electron chi connectivity index (χ2n) is 3.02. The molecular formula is C10H10N2O2. The van der Waals surface area contributed by atoms with E-state index in [1.807, 2.05) is 12.1 Å². The molecule has 14 heavy (non-hydrogen) atoms. The predicted octanol–water partition coefficient (Wildman–Crippen LogP) is 0.458. The standard InChI is InChI=1S/C10H10N2O2/c13-6-5-9-7-3-1-2-4-8(7)10(14)12-11-9/h1-4,13H,5-6H2,(H,12,14). The fourth-order valence-electron chi connectivity index (χ4n) is 1.47. The van der Waals surface area contributed by atoms with E-state index < -0.39 is 0 Å². The van der Waals surface area contributed by atoms with Crippen molar-refractivity contribution >= 4 is 10.8 Å². The lowest BCUT2D eigenvalue weighted by molar-refractivity contribution is 0.298. The maximum absolute atomic E-state index is 11.4. The number of H-pyrrole nitrogens is 1. The number of benzene rings is 1. The lowest BCUT2D eigenvalue weighted by atomic mass is 10.1. The van der Waals surface area contributed by atoms with Crippen molar-refractivity contribution < 1.29 is 5.11 Å². The zero-order chi connectivity index (χ0) is 9.97. The zero-order valence-electron chi connectivity index (χ0n) is 7.53. The molecule has 1 aromatic heterocycles. The summed E-state index contributed by atoms with van der Waals surface area (Å²) in [6.07, 6.45) is 0.456. The summed E-state index contributed by atoms with van der Waals surface area (Å²) in [7, 11) is 0. The molecule has 1 aromatic carbocycles. The van der Waals surface area contributed by atoms with Crippen molar-refractivity contribution in [2.75, 3.05) is 6.61 Å². The molecule has 0 atom stereocenters. The first-order valence-electron chi connectivity index (χ1n) is 4.40. The first-order valence-corrected chi connectivity index (χ1v) is 4.40. The number of aliphatic hydroxyl groups is 1. The minimum Gasteiger partial charge on any atom is -0.396 e. The van der Waals surface area contributed by atoms with Gasteiger partial charge < -0.3 is 5.11 Å². The second-order valence-corrected chi connectivity index (χ2v) is 3.02. The normalized spacial score (nSPS) is 10.6. The molecule has 0 aliphatic heterocycles. The van der Waals surface area contributed by atoms with Crippen molar-refractivity contribution in [2.24, 2.45) is 0 Å². The minimum absolute atomic E-state index is 0.0308. The molecule has 2 aromatic rings. The highest BCUT2D eigenvalue weighted by Gasteiger charge is 2.04. The number of aromatic nitrogens is 2. The van der Waals surface area contributed by atoms with Gasteiger partial charge in [-0.25, -0.2) is 5.10 Å². The number of rotatable bonds is 2. The number of aliphatic hydroxyl groups excluding tert-OH is 1. The average Bonchev–Trinajstić information content (AvgIpc) is 2.23. The summed E-state index contributed by atoms with van der Waals surface area (Å²) < 4.78 is 0. The molecule has 0 amide bonds. The van der Waals surface area contributed by atoms with Gasteiger partial charge in [0.15, 0.2) is 0 Å². The average molecular weight is 190 g/mol. The number of aromatic amines is 1. The van der Waals surface area contributed by atoms with Crippen molar-refractivity contribution in [1.29, 1.82) is 0 Å². The molecule has 0 aliphatic rings. The summed E-state index contributed by atoms with van der Waals surface area (Å²) in [5, 5.41) is 16.6. The molecule has 2 rings (SSSR count). The Morgan fingerprint density at radius 2 is 2.00 bits per heavy atom. The third-order valence-corrected chi connectivity index (χ3v) is 2.12. The van der Waals surface area contributed by atoms with Crippen molar-refractivity contribution in [3.8, 4) is 0 Å². The highest BCUT2D eigenvalue weighted by Crippen LogP contribution is 2.12. The van der Waals surface area contributed by atoms with E-state index in [-0.39, 0.29) is 12.2 Å². The van der Waals surface area contributed by atoms with Crippen LogP contribution < -0.4 is 5.56 Å². The van der Waals surface area contributed by atoms with Gasteiger partial charge in [0.2, 0.25) is 0 Å². The summed E-state index contributed by atoms with van der Waals surface area (Å²) in [6, 6.07) is 7.24. The third-order valence-electron chi connectivity index (χ3n) is 2.12. The van der Waals surface area contributed by atoms with Gasteiger partial charge in [-0.05, 0) is 6.07 Å². The number of nitrogens with one attached hydrogen (secondary N) is 1. The molecule has 2 N–H and O–H groups in total. The smallest absolute Gasteiger partial charge is 0.272 e. The summed E-state index contributed by atoms with van der Waals surface area (Å²) in [6.45, 7) is 0.0308. The van der Waals surface area contributed by atoms with Crippen molar-refractivity contribution in [3.63, 3.8) is 0 Å². The van der Waals surface area contributed by atoms with Crippen LogP contribution in [0.2, 0.25) is 0 Å². The molecule has 0 spiro atoms. The van der Waals surface area contributed by atoms with Gasteiger partial charge in [0.05, 0.1) is 11.1 Å². The monoisotopic (exact) mass is 190 g/mol. The van der Waals surface area contributed by atoms with Crippen LogP contribution in [0.5, 0.6) is 0 Å². The SMILES string of the molecule is O=c1[nH]nc(CCO)c2ccccc12. The van der Waals surface area contributed by atoms with Gasteiger partial charge in [-0.1, -0.05) is 18.2 Å². The van der Waals surface area contributed by atoms with E-state index in [1.165, 1.54) is 0 Å². The molecule has 4 heteroatoms. The van der Waals surface area contributed by atoms with Gasteiger partial charge >= 0.3 is 0 Å². The van der Waals surface area contributed by atoms with E-state index in [0.717, 1.165) is 11.1 Å². The molecule has 1 heterocycles. The Kier molecular flexibility index (Phi) is 2.28. The van der Waals surface area contributed by atoms with Crippen molar-refractivity contribution in [2.45, 2.75) is 6.42 Å². The van der Waals surface area contributed by atoms with Gasteiger partial charge in [0, 0.05) is 18.4 Å². The molecule has 0 unspecified atom stereocenters. The number of nitrogens with zero attached hydrogens (tertiary/aromatic N) is 1. The van der Waals surface area contributed by atoms with Crippen molar-refractivity contribution in [3.05, 3.63) is 40.3 Å². The maximum Gasteiger partial charge on any atom is 0.272 e. The first-order chi connectivity index (χ1) is 6.83. The molecule has 0 bridgehead atoms. The fourth-order valence-corrected chi connectivity index (χ4v) is 1.47. The Bertz CT molecular complexity index is 505. The topological polar surface area (TPSA) is 66.0 Å². The summed E-state index contributed by atoms with van der Waals surface area (Å²) in [5.41, 5.74) is 0.532. The zero-order valence-corrected chi connectivity index (χ0v) is 7.53. The molecular weight excluding hydrogens is 180 g/mol.